The van der Waals surface area contributed by atoms with Gasteiger partial charge >= 0.3 is 11.9 Å². The molecule has 0 heterocycles. The predicted molar refractivity (Wildman–Crippen MR) is 96.1 cm³/mol. The first-order valence-electron chi connectivity index (χ1n) is 9.87. The van der Waals surface area contributed by atoms with Crippen LogP contribution < -0.4 is 0 Å². The number of carbonyl (C=O) groups is 2. The summed E-state index contributed by atoms with van der Waals surface area (Å²) in [6.07, 6.45) is 9.51. The van der Waals surface area contributed by atoms with Crippen LogP contribution in [0.2, 0.25) is 0 Å². The minimum absolute atomic E-state index is 0.305. The monoisotopic (exact) mass is 340 g/mol. The third kappa shape index (κ3) is 4.12. The van der Waals surface area contributed by atoms with Gasteiger partial charge in [0.05, 0.1) is 10.8 Å². The molecule has 0 aromatic rings. The molecule has 0 aromatic carbocycles. The van der Waals surface area contributed by atoms with Crippen molar-refractivity contribution in [2.24, 2.45) is 16.7 Å². The molecule has 140 valence electrons. The van der Waals surface area contributed by atoms with E-state index in [1.54, 1.807) is 0 Å². The van der Waals surface area contributed by atoms with Crippen molar-refractivity contribution in [2.45, 2.75) is 97.8 Å². The van der Waals surface area contributed by atoms with Crippen LogP contribution in [0, 0.1) is 16.7 Å². The summed E-state index contributed by atoms with van der Waals surface area (Å²) in [5, 5.41) is 20.3. The van der Waals surface area contributed by atoms with Gasteiger partial charge in [-0.1, -0.05) is 72.1 Å². The standard InChI is InChI=1S/C20H36O4/c1-4-7-11-16(6-3)15-20(18(23)24)14-10-9-13-19(20,17(21)22)12-8-5-2/h16H,4-15H2,1-3H3,(H,21,22)(H,23,24). The second kappa shape index (κ2) is 9.43. The van der Waals surface area contributed by atoms with E-state index in [0.29, 0.717) is 31.6 Å². The van der Waals surface area contributed by atoms with E-state index in [0.717, 1.165) is 51.4 Å². The van der Waals surface area contributed by atoms with Gasteiger partial charge in [0.1, 0.15) is 0 Å². The van der Waals surface area contributed by atoms with Crippen molar-refractivity contribution in [2.75, 3.05) is 0 Å². The summed E-state index contributed by atoms with van der Waals surface area (Å²) < 4.78 is 0. The van der Waals surface area contributed by atoms with E-state index in [9.17, 15) is 19.8 Å². The van der Waals surface area contributed by atoms with Crippen LogP contribution in [0.4, 0.5) is 0 Å². The first-order chi connectivity index (χ1) is 11.4. The molecule has 3 unspecified atom stereocenters. The smallest absolute Gasteiger partial charge is 0.310 e. The van der Waals surface area contributed by atoms with Gasteiger partial charge in [0.15, 0.2) is 0 Å². The lowest BCUT2D eigenvalue weighted by Gasteiger charge is -2.50. The predicted octanol–water partition coefficient (Wildman–Crippen LogP) is 5.50. The lowest BCUT2D eigenvalue weighted by Crippen LogP contribution is -2.55. The zero-order valence-corrected chi connectivity index (χ0v) is 15.8. The van der Waals surface area contributed by atoms with Crippen LogP contribution in [0.25, 0.3) is 0 Å². The normalized spacial score (nSPS) is 28.5. The highest BCUT2D eigenvalue weighted by Gasteiger charge is 2.61. The van der Waals surface area contributed by atoms with Gasteiger partial charge in [0.25, 0.3) is 0 Å². The molecule has 0 radical (unpaired) electrons. The van der Waals surface area contributed by atoms with Gasteiger partial charge in [-0.3, -0.25) is 9.59 Å². The van der Waals surface area contributed by atoms with Crippen molar-refractivity contribution in [1.82, 2.24) is 0 Å². The third-order valence-corrected chi connectivity index (χ3v) is 6.33. The Morgan fingerprint density at radius 1 is 0.917 bits per heavy atom. The highest BCUT2D eigenvalue weighted by atomic mass is 16.4. The van der Waals surface area contributed by atoms with Crippen LogP contribution in [0.15, 0.2) is 0 Å². The number of carboxylic acids is 2. The topological polar surface area (TPSA) is 74.6 Å². The Kier molecular flexibility index (Phi) is 8.24. The lowest BCUT2D eigenvalue weighted by molar-refractivity contribution is -0.183. The quantitative estimate of drug-likeness (QED) is 0.521. The fraction of sp³-hybridized carbons (Fsp3) is 0.900. The molecular weight excluding hydrogens is 304 g/mol. The maximum absolute atomic E-state index is 12.4. The van der Waals surface area contributed by atoms with Crippen LogP contribution in [-0.2, 0) is 9.59 Å². The summed E-state index contributed by atoms with van der Waals surface area (Å²) in [6, 6.07) is 0. The zero-order valence-electron chi connectivity index (χ0n) is 15.8. The first-order valence-corrected chi connectivity index (χ1v) is 9.87. The number of rotatable bonds is 11. The Labute approximate surface area is 147 Å². The van der Waals surface area contributed by atoms with Crippen molar-refractivity contribution >= 4 is 11.9 Å². The molecule has 0 amide bonds. The van der Waals surface area contributed by atoms with Gasteiger partial charge in [-0.25, -0.2) is 0 Å². The van der Waals surface area contributed by atoms with Crippen molar-refractivity contribution in [3.8, 4) is 0 Å². The molecule has 0 aliphatic heterocycles. The summed E-state index contributed by atoms with van der Waals surface area (Å²) in [6.45, 7) is 6.28. The highest BCUT2D eigenvalue weighted by Crippen LogP contribution is 2.57. The van der Waals surface area contributed by atoms with Gasteiger partial charge in [0.2, 0.25) is 0 Å². The molecule has 0 bridgehead atoms. The van der Waals surface area contributed by atoms with Gasteiger partial charge in [-0.15, -0.1) is 0 Å². The van der Waals surface area contributed by atoms with Crippen molar-refractivity contribution < 1.29 is 19.8 Å². The lowest BCUT2D eigenvalue weighted by atomic mass is 9.51. The fourth-order valence-electron chi connectivity index (χ4n) is 4.73. The molecule has 1 fully saturated rings. The van der Waals surface area contributed by atoms with E-state index in [2.05, 4.69) is 13.8 Å². The number of unbranched alkanes of at least 4 members (excludes halogenated alkanes) is 2. The Balaban J connectivity index is 3.25. The molecule has 24 heavy (non-hydrogen) atoms. The molecule has 1 rings (SSSR count). The van der Waals surface area contributed by atoms with E-state index < -0.39 is 22.8 Å². The maximum Gasteiger partial charge on any atom is 0.310 e. The van der Waals surface area contributed by atoms with E-state index >= 15 is 0 Å². The Morgan fingerprint density at radius 2 is 1.46 bits per heavy atom. The second-order valence-corrected chi connectivity index (χ2v) is 7.71. The van der Waals surface area contributed by atoms with Crippen LogP contribution in [0.3, 0.4) is 0 Å². The molecule has 1 saturated carbocycles. The summed E-state index contributed by atoms with van der Waals surface area (Å²) >= 11 is 0. The van der Waals surface area contributed by atoms with Crippen molar-refractivity contribution in [1.29, 1.82) is 0 Å². The van der Waals surface area contributed by atoms with Crippen molar-refractivity contribution in [3.05, 3.63) is 0 Å². The minimum atomic E-state index is -1.10. The molecule has 0 spiro atoms. The third-order valence-electron chi connectivity index (χ3n) is 6.33. The number of aliphatic carboxylic acids is 2. The molecule has 4 nitrogen and oxygen atoms in total. The summed E-state index contributed by atoms with van der Waals surface area (Å²) in [5.74, 6) is -1.46. The fourth-order valence-corrected chi connectivity index (χ4v) is 4.73. The highest BCUT2D eigenvalue weighted by molar-refractivity contribution is 5.87. The first kappa shape index (κ1) is 21.0. The maximum atomic E-state index is 12.4. The van der Waals surface area contributed by atoms with E-state index in [-0.39, 0.29) is 0 Å². The molecule has 4 heteroatoms. The summed E-state index contributed by atoms with van der Waals surface area (Å²) in [5.41, 5.74) is -2.19. The van der Waals surface area contributed by atoms with Gasteiger partial charge < -0.3 is 10.2 Å². The summed E-state index contributed by atoms with van der Waals surface area (Å²) in [7, 11) is 0. The van der Waals surface area contributed by atoms with Gasteiger partial charge in [-0.05, 0) is 31.6 Å². The molecule has 1 aliphatic carbocycles. The number of hydrogen-bond acceptors (Lipinski definition) is 2. The van der Waals surface area contributed by atoms with Crippen LogP contribution in [-0.4, -0.2) is 22.2 Å². The molecule has 1 aliphatic rings. The van der Waals surface area contributed by atoms with Crippen molar-refractivity contribution in [3.63, 3.8) is 0 Å². The van der Waals surface area contributed by atoms with Crippen LogP contribution in [0.1, 0.15) is 97.8 Å². The molecule has 0 saturated heterocycles. The summed E-state index contributed by atoms with van der Waals surface area (Å²) in [4.78, 5) is 24.7. The SMILES string of the molecule is CCCCC(CC)CC1(C(=O)O)CCCCC1(CCCC)C(=O)O. The van der Waals surface area contributed by atoms with E-state index in [1.807, 2.05) is 6.92 Å². The number of hydrogen-bond donors (Lipinski definition) is 2. The minimum Gasteiger partial charge on any atom is -0.481 e. The number of carboxylic acid groups (broad SMARTS) is 2. The molecular formula is C20H36O4. The van der Waals surface area contributed by atoms with E-state index in [1.165, 1.54) is 0 Å². The van der Waals surface area contributed by atoms with E-state index in [4.69, 9.17) is 0 Å². The Bertz CT molecular complexity index is 420. The average Bonchev–Trinajstić information content (AvgIpc) is 2.57. The Morgan fingerprint density at radius 3 is 1.92 bits per heavy atom. The van der Waals surface area contributed by atoms with Crippen LogP contribution in [0.5, 0.6) is 0 Å². The molecule has 3 atom stereocenters. The Hall–Kier alpha value is -1.06. The van der Waals surface area contributed by atoms with Crippen LogP contribution >= 0.6 is 0 Å². The largest absolute Gasteiger partial charge is 0.481 e. The average molecular weight is 341 g/mol. The van der Waals surface area contributed by atoms with Gasteiger partial charge in [0, 0.05) is 0 Å². The molecule has 2 N–H and O–H groups in total. The molecule has 0 aromatic heterocycles. The zero-order chi connectivity index (χ0) is 18.2. The second-order valence-electron chi connectivity index (χ2n) is 7.71. The van der Waals surface area contributed by atoms with Gasteiger partial charge in [-0.2, -0.15) is 0 Å².